The first-order chi connectivity index (χ1) is 8.97. The fourth-order valence-electron chi connectivity index (χ4n) is 1.73. The maximum Gasteiger partial charge on any atom is 0.266 e. The van der Waals surface area contributed by atoms with Crippen molar-refractivity contribution in [3.8, 4) is 0 Å². The van der Waals surface area contributed by atoms with Gasteiger partial charge in [-0.15, -0.1) is 0 Å². The number of thioether (sulfide) groups is 1. The summed E-state index contributed by atoms with van der Waals surface area (Å²) in [4.78, 5) is 14.4. The third-order valence-electron chi connectivity index (χ3n) is 2.59. The average molecular weight is 295 g/mol. The monoisotopic (exact) mass is 295 g/mol. The molecule has 100 valence electrons. The van der Waals surface area contributed by atoms with Crippen molar-refractivity contribution in [2.45, 2.75) is 13.8 Å². The van der Waals surface area contributed by atoms with E-state index in [1.807, 2.05) is 13.8 Å². The zero-order valence-electron chi connectivity index (χ0n) is 10.7. The standard InChI is InChI=1S/C14H14FNOS2/c1-9(2)8-16-13(17)12(19-14(16)18)7-10-3-5-11(15)6-4-10/h3-7,9H,8H2,1-2H3. The van der Waals surface area contributed by atoms with Crippen LogP contribution in [0.5, 0.6) is 0 Å². The molecule has 1 saturated heterocycles. The molecule has 1 heterocycles. The van der Waals surface area contributed by atoms with E-state index in [1.165, 1.54) is 23.9 Å². The Kier molecular flexibility index (Phi) is 4.37. The molecule has 2 rings (SSSR count). The second-order valence-corrected chi connectivity index (χ2v) is 6.41. The van der Waals surface area contributed by atoms with E-state index in [0.717, 1.165) is 5.56 Å². The van der Waals surface area contributed by atoms with Gasteiger partial charge in [-0.25, -0.2) is 4.39 Å². The summed E-state index contributed by atoms with van der Waals surface area (Å²) in [6.07, 6.45) is 1.75. The number of nitrogens with zero attached hydrogens (tertiary/aromatic N) is 1. The topological polar surface area (TPSA) is 20.3 Å². The number of hydrogen-bond donors (Lipinski definition) is 0. The minimum Gasteiger partial charge on any atom is -0.293 e. The summed E-state index contributed by atoms with van der Waals surface area (Å²) in [5, 5.41) is 0. The highest BCUT2D eigenvalue weighted by atomic mass is 32.2. The first-order valence-corrected chi connectivity index (χ1v) is 7.21. The van der Waals surface area contributed by atoms with Crippen LogP contribution < -0.4 is 0 Å². The van der Waals surface area contributed by atoms with Crippen LogP contribution in [-0.2, 0) is 4.79 Å². The minimum absolute atomic E-state index is 0.0620. The van der Waals surface area contributed by atoms with Crippen LogP contribution in [0.1, 0.15) is 19.4 Å². The lowest BCUT2D eigenvalue weighted by atomic mass is 10.2. The Morgan fingerprint density at radius 3 is 2.58 bits per heavy atom. The van der Waals surface area contributed by atoms with Crippen LogP contribution in [-0.4, -0.2) is 21.7 Å². The first kappa shape index (κ1) is 14.2. The number of hydrogen-bond acceptors (Lipinski definition) is 3. The predicted molar refractivity (Wildman–Crippen MR) is 81.1 cm³/mol. The van der Waals surface area contributed by atoms with Crippen molar-refractivity contribution in [2.24, 2.45) is 5.92 Å². The van der Waals surface area contributed by atoms with Gasteiger partial charge in [-0.2, -0.15) is 0 Å². The third kappa shape index (κ3) is 3.42. The molecular formula is C14H14FNOS2. The SMILES string of the molecule is CC(C)CN1C(=O)C(=Cc2ccc(F)cc2)SC1=S. The van der Waals surface area contributed by atoms with Gasteiger partial charge in [-0.3, -0.25) is 9.69 Å². The molecule has 0 unspecified atom stereocenters. The molecule has 0 aromatic heterocycles. The van der Waals surface area contributed by atoms with Crippen molar-refractivity contribution >= 4 is 40.3 Å². The molecule has 0 atom stereocenters. The molecular weight excluding hydrogens is 281 g/mol. The molecule has 0 radical (unpaired) electrons. The van der Waals surface area contributed by atoms with Crippen LogP contribution in [0, 0.1) is 11.7 Å². The molecule has 19 heavy (non-hydrogen) atoms. The second kappa shape index (κ2) is 5.84. The van der Waals surface area contributed by atoms with Crippen molar-refractivity contribution < 1.29 is 9.18 Å². The van der Waals surface area contributed by atoms with E-state index in [2.05, 4.69) is 0 Å². The smallest absolute Gasteiger partial charge is 0.266 e. The van der Waals surface area contributed by atoms with Crippen LogP contribution in [0.2, 0.25) is 0 Å². The molecule has 2 nitrogen and oxygen atoms in total. The van der Waals surface area contributed by atoms with Crippen molar-refractivity contribution in [1.29, 1.82) is 0 Å². The summed E-state index contributed by atoms with van der Waals surface area (Å²) in [6.45, 7) is 4.72. The zero-order valence-corrected chi connectivity index (χ0v) is 12.4. The van der Waals surface area contributed by atoms with Gasteiger partial charge in [0.25, 0.3) is 5.91 Å². The van der Waals surface area contributed by atoms with Gasteiger partial charge in [0.2, 0.25) is 0 Å². The zero-order chi connectivity index (χ0) is 14.0. The Bertz CT molecular complexity index is 537. The van der Waals surface area contributed by atoms with Gasteiger partial charge in [0, 0.05) is 6.54 Å². The highest BCUT2D eigenvalue weighted by Gasteiger charge is 2.32. The quantitative estimate of drug-likeness (QED) is 0.626. The van der Waals surface area contributed by atoms with Crippen molar-refractivity contribution in [3.63, 3.8) is 0 Å². The van der Waals surface area contributed by atoms with Crippen molar-refractivity contribution in [2.75, 3.05) is 6.54 Å². The van der Waals surface area contributed by atoms with E-state index in [9.17, 15) is 9.18 Å². The van der Waals surface area contributed by atoms with E-state index in [-0.39, 0.29) is 11.7 Å². The van der Waals surface area contributed by atoms with Gasteiger partial charge in [0.15, 0.2) is 0 Å². The summed E-state index contributed by atoms with van der Waals surface area (Å²) in [6, 6.07) is 6.04. The van der Waals surface area contributed by atoms with E-state index >= 15 is 0 Å². The summed E-state index contributed by atoms with van der Waals surface area (Å²) in [5.74, 6) is 0.0187. The summed E-state index contributed by atoms with van der Waals surface area (Å²) >= 11 is 6.52. The van der Waals surface area contributed by atoms with Crippen molar-refractivity contribution in [3.05, 3.63) is 40.6 Å². The Morgan fingerprint density at radius 1 is 1.37 bits per heavy atom. The fourth-order valence-corrected chi connectivity index (χ4v) is 3.01. The number of rotatable bonds is 3. The number of benzene rings is 1. The highest BCUT2D eigenvalue weighted by molar-refractivity contribution is 8.26. The third-order valence-corrected chi connectivity index (χ3v) is 3.97. The van der Waals surface area contributed by atoms with E-state index in [1.54, 1.807) is 23.1 Å². The Hall–Kier alpha value is -1.20. The molecule has 1 aliphatic rings. The second-order valence-electron chi connectivity index (χ2n) is 4.74. The number of carbonyl (C=O) groups is 1. The molecule has 1 amide bonds. The Morgan fingerprint density at radius 2 is 2.00 bits per heavy atom. The summed E-state index contributed by atoms with van der Waals surface area (Å²) in [7, 11) is 0. The van der Waals surface area contributed by atoms with E-state index in [4.69, 9.17) is 12.2 Å². The molecule has 1 aliphatic heterocycles. The van der Waals surface area contributed by atoms with Crippen LogP contribution in [0.4, 0.5) is 4.39 Å². The molecule has 1 aromatic carbocycles. The largest absolute Gasteiger partial charge is 0.293 e. The van der Waals surface area contributed by atoms with Crippen LogP contribution in [0.25, 0.3) is 6.08 Å². The molecule has 1 aromatic rings. The lowest BCUT2D eigenvalue weighted by molar-refractivity contribution is -0.122. The summed E-state index contributed by atoms with van der Waals surface area (Å²) < 4.78 is 13.4. The van der Waals surface area contributed by atoms with Gasteiger partial charge >= 0.3 is 0 Å². The predicted octanol–water partition coefficient (Wildman–Crippen LogP) is 3.68. The average Bonchev–Trinajstić information content (AvgIpc) is 2.60. The highest BCUT2D eigenvalue weighted by Crippen LogP contribution is 2.32. The molecule has 0 N–H and O–H groups in total. The maximum absolute atomic E-state index is 12.8. The minimum atomic E-state index is -0.287. The van der Waals surface area contributed by atoms with Crippen LogP contribution in [0.3, 0.4) is 0 Å². The number of thiocarbonyl (C=S) groups is 1. The van der Waals surface area contributed by atoms with Gasteiger partial charge in [-0.1, -0.05) is 50.0 Å². The Labute approximate surface area is 121 Å². The van der Waals surface area contributed by atoms with Gasteiger partial charge in [0.1, 0.15) is 10.1 Å². The molecule has 0 bridgehead atoms. The number of carbonyl (C=O) groups excluding carboxylic acids is 1. The summed E-state index contributed by atoms with van der Waals surface area (Å²) in [5.41, 5.74) is 0.798. The number of halogens is 1. The normalized spacial score (nSPS) is 17.9. The molecule has 0 aliphatic carbocycles. The fraction of sp³-hybridized carbons (Fsp3) is 0.286. The molecule has 0 spiro atoms. The Balaban J connectivity index is 2.20. The van der Waals surface area contributed by atoms with Gasteiger partial charge in [-0.05, 0) is 29.7 Å². The van der Waals surface area contributed by atoms with Crippen molar-refractivity contribution in [1.82, 2.24) is 4.90 Å². The van der Waals surface area contributed by atoms with Gasteiger partial charge < -0.3 is 0 Å². The molecule has 5 heteroatoms. The maximum atomic E-state index is 12.8. The van der Waals surface area contributed by atoms with Gasteiger partial charge in [0.05, 0.1) is 4.91 Å². The van der Waals surface area contributed by atoms with E-state index in [0.29, 0.717) is 21.7 Å². The molecule has 0 saturated carbocycles. The van der Waals surface area contributed by atoms with Crippen LogP contribution in [0.15, 0.2) is 29.2 Å². The first-order valence-electron chi connectivity index (χ1n) is 5.98. The molecule has 1 fully saturated rings. The van der Waals surface area contributed by atoms with Crippen LogP contribution >= 0.6 is 24.0 Å². The van der Waals surface area contributed by atoms with E-state index < -0.39 is 0 Å². The number of amides is 1. The lowest BCUT2D eigenvalue weighted by Crippen LogP contribution is -2.31. The lowest BCUT2D eigenvalue weighted by Gasteiger charge is -2.16.